The molecule has 4 aromatic rings. The SMILES string of the molecule is COc1cc(-c2ccc(C(=O)N3CCC(CC(CC4CCN(C(=O)c5ccc(-c6cc(OC)c(OC)c(OC)c6)cc5)CC4)N(C)C)CC3)cc2)cc(OC)c1OC. The summed E-state index contributed by atoms with van der Waals surface area (Å²) < 4.78 is 33.1. The molecule has 0 bridgehead atoms. The van der Waals surface area contributed by atoms with Gasteiger partial charge in [0.05, 0.1) is 42.7 Å². The molecule has 2 heterocycles. The van der Waals surface area contributed by atoms with Crippen LogP contribution in [0, 0.1) is 11.8 Å². The molecule has 0 saturated carbocycles. The highest BCUT2D eigenvalue weighted by Gasteiger charge is 2.30. The molecule has 0 aromatic heterocycles. The zero-order valence-corrected chi connectivity index (χ0v) is 35.3. The first kappa shape index (κ1) is 42.2. The summed E-state index contributed by atoms with van der Waals surface area (Å²) in [5.74, 6) is 4.74. The molecule has 0 aliphatic carbocycles. The van der Waals surface area contributed by atoms with E-state index in [1.807, 2.05) is 82.6 Å². The van der Waals surface area contributed by atoms with Crippen LogP contribution in [0.3, 0.4) is 0 Å². The maximum Gasteiger partial charge on any atom is 0.253 e. The summed E-state index contributed by atoms with van der Waals surface area (Å²) in [5.41, 5.74) is 5.14. The minimum absolute atomic E-state index is 0.0786. The standard InChI is InChI=1S/C47H59N3O8/c1-48(2)39(25-31-17-21-49(22-18-31)46(51)35-13-9-33(10-14-35)37-27-40(53-3)44(57-7)41(28-37)54-4)26-32-19-23-50(24-20-32)47(52)36-15-11-34(12-16-36)38-29-42(55-5)45(58-8)43(30-38)56-6/h9-16,27-32,39H,17-26H2,1-8H3. The Bertz CT molecular complexity index is 1810. The van der Waals surface area contributed by atoms with Crippen molar-refractivity contribution in [3.8, 4) is 56.8 Å². The van der Waals surface area contributed by atoms with Gasteiger partial charge in [0.15, 0.2) is 23.0 Å². The molecule has 11 nitrogen and oxygen atoms in total. The van der Waals surface area contributed by atoms with Gasteiger partial charge in [-0.3, -0.25) is 9.59 Å². The second-order valence-corrected chi connectivity index (χ2v) is 15.5. The average molecular weight is 794 g/mol. The number of benzene rings is 4. The van der Waals surface area contributed by atoms with E-state index in [4.69, 9.17) is 28.4 Å². The molecule has 0 radical (unpaired) electrons. The van der Waals surface area contributed by atoms with Crippen LogP contribution in [-0.2, 0) is 0 Å². The van der Waals surface area contributed by atoms with Crippen molar-refractivity contribution in [3.63, 3.8) is 0 Å². The van der Waals surface area contributed by atoms with E-state index in [2.05, 4.69) is 19.0 Å². The largest absolute Gasteiger partial charge is 0.493 e. The van der Waals surface area contributed by atoms with E-state index in [0.717, 1.165) is 87.0 Å². The Balaban J connectivity index is 0.975. The lowest BCUT2D eigenvalue weighted by Gasteiger charge is -2.38. The molecular weight excluding hydrogens is 735 g/mol. The van der Waals surface area contributed by atoms with Crippen LogP contribution in [-0.4, -0.2) is 115 Å². The maximum absolute atomic E-state index is 13.6. The van der Waals surface area contributed by atoms with Gasteiger partial charge in [-0.2, -0.15) is 0 Å². The number of carbonyl (C=O) groups excluding carboxylic acids is 2. The predicted octanol–water partition coefficient (Wildman–Crippen LogP) is 8.19. The van der Waals surface area contributed by atoms with Crippen LogP contribution >= 0.6 is 0 Å². The van der Waals surface area contributed by atoms with Crippen LogP contribution in [0.4, 0.5) is 0 Å². The summed E-state index contributed by atoms with van der Waals surface area (Å²) in [5, 5.41) is 0. The van der Waals surface area contributed by atoms with Gasteiger partial charge in [-0.1, -0.05) is 24.3 Å². The number of rotatable bonds is 15. The van der Waals surface area contributed by atoms with E-state index in [9.17, 15) is 9.59 Å². The zero-order chi connectivity index (χ0) is 41.3. The van der Waals surface area contributed by atoms with E-state index in [0.29, 0.717) is 63.5 Å². The minimum Gasteiger partial charge on any atom is -0.493 e. The van der Waals surface area contributed by atoms with Gasteiger partial charge in [-0.25, -0.2) is 0 Å². The van der Waals surface area contributed by atoms with E-state index < -0.39 is 0 Å². The molecule has 6 rings (SSSR count). The third kappa shape index (κ3) is 9.47. The van der Waals surface area contributed by atoms with Crippen LogP contribution in [0.15, 0.2) is 72.8 Å². The quantitative estimate of drug-likeness (QED) is 0.118. The number of ether oxygens (including phenoxy) is 6. The van der Waals surface area contributed by atoms with Crippen molar-refractivity contribution in [2.24, 2.45) is 11.8 Å². The predicted molar refractivity (Wildman–Crippen MR) is 227 cm³/mol. The van der Waals surface area contributed by atoms with Crippen LogP contribution < -0.4 is 28.4 Å². The highest BCUT2D eigenvalue weighted by molar-refractivity contribution is 5.95. The highest BCUT2D eigenvalue weighted by Crippen LogP contribution is 2.42. The summed E-state index contributed by atoms with van der Waals surface area (Å²) in [6.45, 7) is 3.06. The lowest BCUT2D eigenvalue weighted by Crippen LogP contribution is -2.42. The van der Waals surface area contributed by atoms with Crippen LogP contribution in [0.1, 0.15) is 59.2 Å². The summed E-state index contributed by atoms with van der Waals surface area (Å²) in [7, 11) is 14.0. The Morgan fingerprint density at radius 1 is 0.517 bits per heavy atom. The van der Waals surface area contributed by atoms with Gasteiger partial charge in [0, 0.05) is 43.3 Å². The molecule has 0 atom stereocenters. The number of piperidine rings is 2. The van der Waals surface area contributed by atoms with Crippen molar-refractivity contribution in [3.05, 3.63) is 83.9 Å². The zero-order valence-electron chi connectivity index (χ0n) is 35.3. The van der Waals surface area contributed by atoms with Gasteiger partial charge in [-0.05, 0) is 135 Å². The number of methoxy groups -OCH3 is 6. The maximum atomic E-state index is 13.6. The third-order valence-electron chi connectivity index (χ3n) is 12.0. The molecule has 0 N–H and O–H groups in total. The molecule has 310 valence electrons. The number of amides is 2. The Morgan fingerprint density at radius 3 is 1.09 bits per heavy atom. The van der Waals surface area contributed by atoms with Crippen molar-refractivity contribution >= 4 is 11.8 Å². The van der Waals surface area contributed by atoms with Gasteiger partial charge >= 0.3 is 0 Å². The number of hydrogen-bond acceptors (Lipinski definition) is 9. The van der Waals surface area contributed by atoms with Crippen molar-refractivity contribution in [2.75, 3.05) is 82.9 Å². The van der Waals surface area contributed by atoms with Gasteiger partial charge in [0.2, 0.25) is 11.5 Å². The molecule has 11 heteroatoms. The first-order valence-corrected chi connectivity index (χ1v) is 20.2. The van der Waals surface area contributed by atoms with E-state index in [-0.39, 0.29) is 11.8 Å². The van der Waals surface area contributed by atoms with Crippen molar-refractivity contribution in [1.82, 2.24) is 14.7 Å². The number of likely N-dealkylation sites (tertiary alicyclic amines) is 2. The monoisotopic (exact) mass is 793 g/mol. The van der Waals surface area contributed by atoms with Crippen molar-refractivity contribution in [2.45, 2.75) is 44.6 Å². The minimum atomic E-state index is 0.0786. The van der Waals surface area contributed by atoms with Crippen molar-refractivity contribution in [1.29, 1.82) is 0 Å². The van der Waals surface area contributed by atoms with E-state index in [1.54, 1.807) is 42.7 Å². The first-order valence-electron chi connectivity index (χ1n) is 20.2. The molecule has 2 aliphatic heterocycles. The molecular formula is C47H59N3O8. The average Bonchev–Trinajstić information content (AvgIpc) is 3.27. The topological polar surface area (TPSA) is 99.2 Å². The Morgan fingerprint density at radius 2 is 0.828 bits per heavy atom. The van der Waals surface area contributed by atoms with Crippen LogP contribution in [0.25, 0.3) is 22.3 Å². The van der Waals surface area contributed by atoms with E-state index in [1.165, 1.54) is 0 Å². The fourth-order valence-corrected chi connectivity index (χ4v) is 8.50. The molecule has 2 saturated heterocycles. The first-order chi connectivity index (χ1) is 28.1. The second kappa shape index (κ2) is 19.4. The third-order valence-corrected chi connectivity index (χ3v) is 12.0. The fourth-order valence-electron chi connectivity index (χ4n) is 8.50. The van der Waals surface area contributed by atoms with Crippen molar-refractivity contribution < 1.29 is 38.0 Å². The lowest BCUT2D eigenvalue weighted by atomic mass is 9.83. The second-order valence-electron chi connectivity index (χ2n) is 15.5. The number of hydrogen-bond donors (Lipinski definition) is 0. The molecule has 2 amide bonds. The summed E-state index contributed by atoms with van der Waals surface area (Å²) in [6, 6.07) is 23.6. The fraction of sp³-hybridized carbons (Fsp3) is 0.447. The molecule has 2 fully saturated rings. The van der Waals surface area contributed by atoms with Crippen LogP contribution in [0.2, 0.25) is 0 Å². The Kier molecular flexibility index (Phi) is 14.1. The molecule has 2 aliphatic rings. The summed E-state index contributed by atoms with van der Waals surface area (Å²) in [6.07, 6.45) is 6.26. The molecule has 58 heavy (non-hydrogen) atoms. The number of carbonyl (C=O) groups is 2. The highest BCUT2D eigenvalue weighted by atomic mass is 16.5. The molecule has 4 aromatic carbocycles. The Hall–Kier alpha value is -5.42. The van der Waals surface area contributed by atoms with Crippen LogP contribution in [0.5, 0.6) is 34.5 Å². The summed E-state index contributed by atoms with van der Waals surface area (Å²) in [4.78, 5) is 33.5. The number of nitrogens with zero attached hydrogens (tertiary/aromatic N) is 3. The van der Waals surface area contributed by atoms with E-state index >= 15 is 0 Å². The lowest BCUT2D eigenvalue weighted by molar-refractivity contribution is 0.0644. The molecule has 0 unspecified atom stereocenters. The normalized spacial score (nSPS) is 15.1. The van der Waals surface area contributed by atoms with Gasteiger partial charge < -0.3 is 43.1 Å². The summed E-state index contributed by atoms with van der Waals surface area (Å²) >= 11 is 0. The van der Waals surface area contributed by atoms with Gasteiger partial charge in [0.1, 0.15) is 0 Å². The van der Waals surface area contributed by atoms with Gasteiger partial charge in [-0.15, -0.1) is 0 Å². The van der Waals surface area contributed by atoms with Gasteiger partial charge in [0.25, 0.3) is 11.8 Å². The molecule has 0 spiro atoms. The Labute approximate surface area is 343 Å². The smallest absolute Gasteiger partial charge is 0.253 e.